The smallest absolute Gasteiger partial charge is 0.217 e. The van der Waals surface area contributed by atoms with Crippen molar-refractivity contribution in [1.82, 2.24) is 15.5 Å². The van der Waals surface area contributed by atoms with Gasteiger partial charge in [-0.05, 0) is 7.05 Å². The fraction of sp³-hybridized carbons (Fsp3) is 0.931. The predicted molar refractivity (Wildman–Crippen MR) is 163 cm³/mol. The van der Waals surface area contributed by atoms with Gasteiger partial charge in [0.05, 0.1) is 79.3 Å². The van der Waals surface area contributed by atoms with E-state index < -0.39 is 86.3 Å². The van der Waals surface area contributed by atoms with Crippen LogP contribution in [0.2, 0.25) is 0 Å². The number of carbonyl (C=O) groups is 2. The molecular weight excluding hydrogens is 646 g/mol. The van der Waals surface area contributed by atoms with Crippen LogP contribution in [0, 0.1) is 0 Å². The molecule has 0 bridgehead atoms. The second-order valence-electron chi connectivity index (χ2n) is 11.4. The van der Waals surface area contributed by atoms with E-state index in [0.29, 0.717) is 52.7 Å². The molecule has 6 unspecified atom stereocenters. The Kier molecular flexibility index (Phi) is 21.0. The first kappa shape index (κ1) is 42.5. The molecule has 0 aromatic rings. The Labute approximate surface area is 280 Å². The van der Waals surface area contributed by atoms with Gasteiger partial charge in [0.25, 0.3) is 0 Å². The Hall–Kier alpha value is -1.66. The highest BCUT2D eigenvalue weighted by molar-refractivity contribution is 5.73. The Morgan fingerprint density at radius 1 is 0.583 bits per heavy atom. The summed E-state index contributed by atoms with van der Waals surface area (Å²) in [5.74, 6) is -0.863. The standard InChI is InChI=1S/C29H55N3O16/c1-18(35)30-22-26(39)24(37)20(16-33)47-28(22)45-14-12-43-10-8-41-6-4-32(3)5-7-42-9-11-44-13-15-46-29-23(31-19(2)36)27(40)25(38)21(17-34)48-29/h20-29,33-34,37-40H,4-17H2,1-3H3,(H,30,35)(H,31,36)/t20?,21?,22?,23?,24-,25-,26?,27?,28+,29+/m0/s1. The third kappa shape index (κ3) is 15.1. The molecule has 19 nitrogen and oxygen atoms in total. The van der Waals surface area contributed by atoms with E-state index in [0.717, 1.165) is 0 Å². The monoisotopic (exact) mass is 701 g/mol. The summed E-state index contributed by atoms with van der Waals surface area (Å²) in [5, 5.41) is 64.3. The fourth-order valence-corrected chi connectivity index (χ4v) is 4.87. The summed E-state index contributed by atoms with van der Waals surface area (Å²) >= 11 is 0. The van der Waals surface area contributed by atoms with E-state index in [2.05, 4.69) is 10.6 Å². The van der Waals surface area contributed by atoms with Crippen LogP contribution < -0.4 is 10.6 Å². The maximum atomic E-state index is 11.5. The minimum Gasteiger partial charge on any atom is -0.394 e. The lowest BCUT2D eigenvalue weighted by molar-refractivity contribution is -0.272. The topological polar surface area (TPSA) is 257 Å². The van der Waals surface area contributed by atoms with Crippen LogP contribution in [0.3, 0.4) is 0 Å². The molecule has 2 heterocycles. The molecule has 0 saturated carbocycles. The van der Waals surface area contributed by atoms with Gasteiger partial charge in [0.1, 0.15) is 48.7 Å². The van der Waals surface area contributed by atoms with Gasteiger partial charge in [0.15, 0.2) is 12.6 Å². The molecule has 2 saturated heterocycles. The van der Waals surface area contributed by atoms with E-state index in [-0.39, 0.29) is 26.4 Å². The summed E-state index contributed by atoms with van der Waals surface area (Å²) in [6.07, 6.45) is -9.73. The Balaban J connectivity index is 1.44. The first-order valence-electron chi connectivity index (χ1n) is 16.0. The fourth-order valence-electron chi connectivity index (χ4n) is 4.87. The van der Waals surface area contributed by atoms with Crippen molar-refractivity contribution in [3.05, 3.63) is 0 Å². The summed E-state index contributed by atoms with van der Waals surface area (Å²) in [5.41, 5.74) is 0. The van der Waals surface area contributed by atoms with Crippen molar-refractivity contribution in [1.29, 1.82) is 0 Å². The Morgan fingerprint density at radius 3 is 1.25 bits per heavy atom. The summed E-state index contributed by atoms with van der Waals surface area (Å²) in [6, 6.07) is -2.01. The molecule has 0 aromatic heterocycles. The van der Waals surface area contributed by atoms with Crippen molar-refractivity contribution in [2.75, 3.05) is 99.4 Å². The van der Waals surface area contributed by atoms with E-state index in [4.69, 9.17) is 37.9 Å². The number of aliphatic hydroxyl groups is 6. The van der Waals surface area contributed by atoms with Gasteiger partial charge < -0.3 is 84.1 Å². The van der Waals surface area contributed by atoms with Gasteiger partial charge in [-0.1, -0.05) is 0 Å². The number of rotatable bonds is 24. The molecule has 282 valence electrons. The van der Waals surface area contributed by atoms with Gasteiger partial charge in [-0.15, -0.1) is 0 Å². The molecule has 0 aliphatic carbocycles. The average molecular weight is 702 g/mol. The molecule has 2 aliphatic heterocycles. The highest BCUT2D eigenvalue weighted by atomic mass is 16.7. The third-order valence-corrected chi connectivity index (χ3v) is 7.50. The SMILES string of the molecule is CC(=O)NC1C(O)[C@@H](O)C(CO)O[C@H]1OCCOCCOCCN(C)CCOCCOCCO[C@@H]1OC(CO)[C@H](O)C(O)C1NC(C)=O. The van der Waals surface area contributed by atoms with Crippen LogP contribution in [-0.2, 0) is 47.5 Å². The minimum absolute atomic E-state index is 0.0850. The largest absolute Gasteiger partial charge is 0.394 e. The van der Waals surface area contributed by atoms with Crippen LogP contribution in [0.4, 0.5) is 0 Å². The zero-order valence-corrected chi connectivity index (χ0v) is 27.9. The van der Waals surface area contributed by atoms with E-state index >= 15 is 0 Å². The van der Waals surface area contributed by atoms with Gasteiger partial charge >= 0.3 is 0 Å². The van der Waals surface area contributed by atoms with Crippen molar-refractivity contribution in [3.8, 4) is 0 Å². The van der Waals surface area contributed by atoms with Crippen LogP contribution >= 0.6 is 0 Å². The Bertz CT molecular complexity index is 825. The molecule has 2 rings (SSSR count). The average Bonchev–Trinajstić information content (AvgIpc) is 3.05. The number of amides is 2. The number of hydrogen-bond acceptors (Lipinski definition) is 17. The van der Waals surface area contributed by atoms with Crippen LogP contribution in [0.1, 0.15) is 13.8 Å². The number of carbonyl (C=O) groups excluding carboxylic acids is 2. The van der Waals surface area contributed by atoms with Gasteiger partial charge in [0.2, 0.25) is 11.8 Å². The third-order valence-electron chi connectivity index (χ3n) is 7.50. The van der Waals surface area contributed by atoms with Crippen molar-refractivity contribution in [3.63, 3.8) is 0 Å². The zero-order valence-electron chi connectivity index (χ0n) is 27.9. The highest BCUT2D eigenvalue weighted by Crippen LogP contribution is 2.23. The summed E-state index contributed by atoms with van der Waals surface area (Å²) < 4.78 is 44.3. The molecule has 10 atom stereocenters. The van der Waals surface area contributed by atoms with Crippen molar-refractivity contribution < 1.29 is 78.1 Å². The predicted octanol–water partition coefficient (Wildman–Crippen LogP) is -5.09. The van der Waals surface area contributed by atoms with Gasteiger partial charge in [-0.2, -0.15) is 0 Å². The molecule has 2 amide bonds. The quantitative estimate of drug-likeness (QED) is 0.0438. The lowest BCUT2D eigenvalue weighted by Crippen LogP contribution is -2.64. The molecule has 0 radical (unpaired) electrons. The number of ether oxygens (including phenoxy) is 8. The Morgan fingerprint density at radius 2 is 0.917 bits per heavy atom. The van der Waals surface area contributed by atoms with Gasteiger partial charge in [-0.3, -0.25) is 9.59 Å². The number of aliphatic hydroxyl groups excluding tert-OH is 6. The van der Waals surface area contributed by atoms with Crippen molar-refractivity contribution in [2.45, 2.75) is 75.1 Å². The molecule has 8 N–H and O–H groups in total. The lowest BCUT2D eigenvalue weighted by Gasteiger charge is -2.42. The molecule has 19 heteroatoms. The summed E-state index contributed by atoms with van der Waals surface area (Å²) in [6.45, 7) is 5.73. The van der Waals surface area contributed by atoms with E-state index in [9.17, 15) is 40.2 Å². The maximum Gasteiger partial charge on any atom is 0.217 e. The van der Waals surface area contributed by atoms with Crippen LogP contribution in [0.25, 0.3) is 0 Å². The molecule has 2 aliphatic rings. The zero-order chi connectivity index (χ0) is 35.5. The number of hydrogen-bond donors (Lipinski definition) is 8. The van der Waals surface area contributed by atoms with E-state index in [1.165, 1.54) is 13.8 Å². The van der Waals surface area contributed by atoms with Gasteiger partial charge in [0, 0.05) is 26.9 Å². The second-order valence-corrected chi connectivity index (χ2v) is 11.4. The summed E-state index contributed by atoms with van der Waals surface area (Å²) in [7, 11) is 1.94. The van der Waals surface area contributed by atoms with Crippen molar-refractivity contribution in [2.24, 2.45) is 0 Å². The lowest BCUT2D eigenvalue weighted by atomic mass is 9.97. The first-order valence-corrected chi connectivity index (χ1v) is 16.0. The van der Waals surface area contributed by atoms with Crippen molar-refractivity contribution >= 4 is 11.8 Å². The first-order chi connectivity index (χ1) is 23.0. The molecule has 2 fully saturated rings. The van der Waals surface area contributed by atoms with Gasteiger partial charge in [-0.25, -0.2) is 0 Å². The van der Waals surface area contributed by atoms with Crippen LogP contribution in [0.5, 0.6) is 0 Å². The van der Waals surface area contributed by atoms with Crippen LogP contribution in [-0.4, -0.2) is 208 Å². The summed E-state index contributed by atoms with van der Waals surface area (Å²) in [4.78, 5) is 25.0. The molecular formula is C29H55N3O16. The maximum absolute atomic E-state index is 11.5. The number of nitrogens with one attached hydrogen (secondary N) is 2. The molecule has 0 spiro atoms. The van der Waals surface area contributed by atoms with Crippen LogP contribution in [0.15, 0.2) is 0 Å². The molecule has 48 heavy (non-hydrogen) atoms. The molecule has 0 aromatic carbocycles. The van der Waals surface area contributed by atoms with E-state index in [1.807, 2.05) is 11.9 Å². The minimum atomic E-state index is -1.38. The number of nitrogens with zero attached hydrogens (tertiary/aromatic N) is 1. The normalized spacial score (nSPS) is 30.8. The van der Waals surface area contributed by atoms with E-state index in [1.54, 1.807) is 0 Å². The highest BCUT2D eigenvalue weighted by Gasteiger charge is 2.46. The second kappa shape index (κ2) is 23.7. The number of likely N-dealkylation sites (N-methyl/N-ethyl adjacent to an activating group) is 1.